The van der Waals surface area contributed by atoms with Gasteiger partial charge in [0.1, 0.15) is 18.0 Å². The number of carbonyl (C=O) groups is 2. The summed E-state index contributed by atoms with van der Waals surface area (Å²) >= 11 is 6.32. The Morgan fingerprint density at radius 1 is 1.00 bits per heavy atom. The molecule has 0 aliphatic carbocycles. The topological polar surface area (TPSA) is 208 Å². The van der Waals surface area contributed by atoms with Crippen LogP contribution in [0.15, 0.2) is 78.1 Å². The number of nitrogens with one attached hydrogen (secondary N) is 1. The molecule has 1 aliphatic heterocycles. The highest BCUT2D eigenvalue weighted by atomic mass is 35.5. The van der Waals surface area contributed by atoms with Crippen LogP contribution < -0.4 is 11.3 Å². The van der Waals surface area contributed by atoms with E-state index in [4.69, 9.17) is 37.1 Å². The average molecular weight is 642 g/mol. The highest BCUT2D eigenvalue weighted by Crippen LogP contribution is 2.35. The first-order chi connectivity index (χ1) is 22.0. The van der Waals surface area contributed by atoms with E-state index < -0.39 is 11.9 Å². The Balaban J connectivity index is 0.000000470. The number of carboxylic acids is 2. The Kier molecular flexibility index (Phi) is 9.18. The summed E-state index contributed by atoms with van der Waals surface area (Å²) < 4.78 is 3.38. The molecule has 14 nitrogen and oxygen atoms in total. The molecule has 7 rings (SSSR count). The van der Waals surface area contributed by atoms with Crippen LogP contribution in [0.4, 0.5) is 5.82 Å². The third-order valence-electron chi connectivity index (χ3n) is 7.02. The molecule has 0 radical (unpaired) electrons. The van der Waals surface area contributed by atoms with Gasteiger partial charge in [-0.2, -0.15) is 4.68 Å². The van der Waals surface area contributed by atoms with E-state index in [0.29, 0.717) is 10.8 Å². The molecule has 5 heterocycles. The molecule has 234 valence electrons. The first-order valence-corrected chi connectivity index (χ1v) is 14.3. The Bertz CT molecular complexity index is 2090. The number of tetrazole rings is 1. The van der Waals surface area contributed by atoms with Gasteiger partial charge in [0.25, 0.3) is 17.5 Å². The van der Waals surface area contributed by atoms with Crippen LogP contribution in [0.25, 0.3) is 38.8 Å². The number of fused-ring (bicyclic) bond motifs is 2. The van der Waals surface area contributed by atoms with Crippen LogP contribution in [0.5, 0.6) is 0 Å². The minimum Gasteiger partial charge on any atom is -0.481 e. The zero-order valence-electron chi connectivity index (χ0n) is 24.6. The van der Waals surface area contributed by atoms with Crippen molar-refractivity contribution in [2.75, 3.05) is 5.73 Å². The SMILES string of the molecule is CC(=O)O.CC(=O)O.Nc1nccc2cc(-c3cnc([C@@H]4CCc5cc(-c6cc(Cl)ccc6-n6cnnn6)cc(=O)n54)[nH]3)ccc12. The van der Waals surface area contributed by atoms with E-state index in [1.54, 1.807) is 23.0 Å². The number of aromatic nitrogens is 8. The Morgan fingerprint density at radius 2 is 1.76 bits per heavy atom. The Hall–Kier alpha value is -5.89. The zero-order valence-corrected chi connectivity index (χ0v) is 25.4. The van der Waals surface area contributed by atoms with Crippen LogP contribution in [0.3, 0.4) is 0 Å². The van der Waals surface area contributed by atoms with Gasteiger partial charge in [-0.3, -0.25) is 14.4 Å². The molecule has 6 aromatic rings. The second-order valence-electron chi connectivity index (χ2n) is 10.3. The average Bonchev–Trinajstić information content (AvgIpc) is 3.78. The number of pyridine rings is 2. The van der Waals surface area contributed by atoms with Gasteiger partial charge >= 0.3 is 0 Å². The molecule has 4 aromatic heterocycles. The summed E-state index contributed by atoms with van der Waals surface area (Å²) in [7, 11) is 0. The highest BCUT2D eigenvalue weighted by Gasteiger charge is 2.28. The molecule has 0 saturated carbocycles. The monoisotopic (exact) mass is 641 g/mol. The van der Waals surface area contributed by atoms with E-state index in [1.165, 1.54) is 6.33 Å². The minimum absolute atomic E-state index is 0.103. The maximum Gasteiger partial charge on any atom is 0.300 e. The maximum absolute atomic E-state index is 13.5. The molecule has 0 fully saturated rings. The Morgan fingerprint density at radius 3 is 2.48 bits per heavy atom. The largest absolute Gasteiger partial charge is 0.481 e. The van der Waals surface area contributed by atoms with Gasteiger partial charge in [-0.15, -0.1) is 5.10 Å². The van der Waals surface area contributed by atoms with Gasteiger partial charge in [0, 0.05) is 53.3 Å². The number of aromatic amines is 1. The number of carboxylic acid groups (broad SMARTS) is 2. The van der Waals surface area contributed by atoms with Crippen molar-refractivity contribution >= 4 is 40.1 Å². The van der Waals surface area contributed by atoms with Crippen LogP contribution in [-0.4, -0.2) is 61.9 Å². The number of imidazole rings is 1. The van der Waals surface area contributed by atoms with Crippen LogP contribution in [0.1, 0.15) is 37.8 Å². The highest BCUT2D eigenvalue weighted by molar-refractivity contribution is 6.31. The number of nitrogens with two attached hydrogens (primary N) is 1. The quantitative estimate of drug-likeness (QED) is 0.212. The lowest BCUT2D eigenvalue weighted by Gasteiger charge is -2.15. The van der Waals surface area contributed by atoms with Crippen molar-refractivity contribution in [3.05, 3.63) is 100 Å². The van der Waals surface area contributed by atoms with Crippen molar-refractivity contribution in [3.63, 3.8) is 0 Å². The number of H-pyrrole nitrogens is 1. The minimum atomic E-state index is -0.833. The van der Waals surface area contributed by atoms with Gasteiger partial charge in [-0.25, -0.2) is 9.97 Å². The predicted molar refractivity (Wildman–Crippen MR) is 171 cm³/mol. The molecule has 1 aliphatic rings. The molecular weight excluding hydrogens is 614 g/mol. The van der Waals surface area contributed by atoms with Crippen LogP contribution >= 0.6 is 11.6 Å². The third-order valence-corrected chi connectivity index (χ3v) is 7.25. The number of anilines is 1. The van der Waals surface area contributed by atoms with Crippen molar-refractivity contribution in [1.82, 2.24) is 39.7 Å². The predicted octanol–water partition coefficient (Wildman–Crippen LogP) is 4.38. The number of hydrogen-bond acceptors (Lipinski definition) is 9. The lowest BCUT2D eigenvalue weighted by Crippen LogP contribution is -2.23. The summed E-state index contributed by atoms with van der Waals surface area (Å²) in [6, 6.07) is 16.9. The van der Waals surface area contributed by atoms with Crippen molar-refractivity contribution in [2.45, 2.75) is 32.7 Å². The molecule has 0 spiro atoms. The lowest BCUT2D eigenvalue weighted by atomic mass is 10.0. The van der Waals surface area contributed by atoms with E-state index in [1.807, 2.05) is 47.2 Å². The standard InChI is InChI=1S/C27H20ClN9O.2C2H4O2/c28-18-2-5-23(36-14-32-34-35-36)21(12-18)17-10-19-3-6-24(37(19)25(38)11-17)27-31-13-22(33-27)16-1-4-20-15(9-16)7-8-30-26(20)29;2*1-2(3)4/h1-2,4-5,7-14,24H,3,6H2,(H2,29,30)(H,31,33);2*1H3,(H,3,4)/t24-;;/m0../s1. The van der Waals surface area contributed by atoms with Gasteiger partial charge in [0.05, 0.1) is 23.6 Å². The number of rotatable bonds is 4. The Labute approximate surface area is 266 Å². The number of nitrogen functional groups attached to an aromatic ring is 1. The first-order valence-electron chi connectivity index (χ1n) is 13.9. The molecule has 0 saturated heterocycles. The molecule has 2 aromatic carbocycles. The lowest BCUT2D eigenvalue weighted by molar-refractivity contribution is -0.135. The molecule has 5 N–H and O–H groups in total. The smallest absolute Gasteiger partial charge is 0.300 e. The summed E-state index contributed by atoms with van der Waals surface area (Å²) in [6.07, 6.45) is 6.53. The summed E-state index contributed by atoms with van der Waals surface area (Å²) in [5, 5.41) is 28.8. The van der Waals surface area contributed by atoms with Gasteiger partial charge in [-0.05, 0) is 70.6 Å². The number of aliphatic carboxylic acids is 2. The first kappa shape index (κ1) is 31.5. The van der Waals surface area contributed by atoms with Crippen molar-refractivity contribution in [1.29, 1.82) is 0 Å². The molecule has 0 bridgehead atoms. The fourth-order valence-electron chi connectivity index (χ4n) is 5.24. The summed E-state index contributed by atoms with van der Waals surface area (Å²) in [6.45, 7) is 2.17. The van der Waals surface area contributed by atoms with Gasteiger partial charge in [-0.1, -0.05) is 23.7 Å². The summed E-state index contributed by atoms with van der Waals surface area (Å²) in [5.41, 5.74) is 11.0. The summed E-state index contributed by atoms with van der Waals surface area (Å²) in [4.78, 5) is 43.7. The second-order valence-corrected chi connectivity index (χ2v) is 10.7. The van der Waals surface area contributed by atoms with Crippen molar-refractivity contribution in [3.8, 4) is 28.1 Å². The van der Waals surface area contributed by atoms with Gasteiger partial charge in [0.15, 0.2) is 0 Å². The molecule has 46 heavy (non-hydrogen) atoms. The number of aryl methyl sites for hydroxylation is 1. The molecule has 0 amide bonds. The van der Waals surface area contributed by atoms with E-state index in [9.17, 15) is 4.79 Å². The number of benzene rings is 2. The maximum atomic E-state index is 13.5. The summed E-state index contributed by atoms with van der Waals surface area (Å²) in [5.74, 6) is -0.413. The molecular formula is C31H28ClN9O5. The van der Waals surface area contributed by atoms with E-state index in [2.05, 4.69) is 36.5 Å². The van der Waals surface area contributed by atoms with Crippen LogP contribution in [0, 0.1) is 0 Å². The fourth-order valence-corrected chi connectivity index (χ4v) is 5.41. The normalized spacial score (nSPS) is 13.2. The van der Waals surface area contributed by atoms with Crippen molar-refractivity contribution < 1.29 is 19.8 Å². The third kappa shape index (κ3) is 6.92. The van der Waals surface area contributed by atoms with Crippen molar-refractivity contribution in [2.24, 2.45) is 0 Å². The molecule has 15 heteroatoms. The zero-order chi connectivity index (χ0) is 33.0. The number of nitrogens with zero attached hydrogens (tertiary/aromatic N) is 7. The van der Waals surface area contributed by atoms with Crippen LogP contribution in [-0.2, 0) is 16.0 Å². The van der Waals surface area contributed by atoms with Gasteiger partial charge in [0.2, 0.25) is 0 Å². The molecule has 0 unspecified atom stereocenters. The number of hydrogen-bond donors (Lipinski definition) is 4. The second kappa shape index (κ2) is 13.4. The van der Waals surface area contributed by atoms with Crippen LogP contribution in [0.2, 0.25) is 5.02 Å². The van der Waals surface area contributed by atoms with E-state index >= 15 is 0 Å². The van der Waals surface area contributed by atoms with E-state index in [0.717, 1.165) is 77.1 Å². The van der Waals surface area contributed by atoms with E-state index in [-0.39, 0.29) is 11.6 Å². The number of halogens is 1. The fraction of sp³-hybridized carbons (Fsp3) is 0.161. The molecule has 1 atom stereocenters. The van der Waals surface area contributed by atoms with Gasteiger partial charge < -0.3 is 25.5 Å².